The average Bonchev–Trinajstić information content (AvgIpc) is 2.49. The Hall–Kier alpha value is -2.36. The van der Waals surface area contributed by atoms with Crippen molar-refractivity contribution in [1.82, 2.24) is 4.98 Å². The van der Waals surface area contributed by atoms with E-state index in [0.29, 0.717) is 0 Å². The van der Waals surface area contributed by atoms with Gasteiger partial charge in [0.05, 0.1) is 5.56 Å². The third-order valence-electron chi connectivity index (χ3n) is 3.07. The number of rotatable bonds is 6. The molecule has 0 amide bonds. The predicted octanol–water partition coefficient (Wildman–Crippen LogP) is 3.72. The van der Waals surface area contributed by atoms with Gasteiger partial charge in [-0.15, -0.1) is 0 Å². The fourth-order valence-corrected chi connectivity index (χ4v) is 1.97. The van der Waals surface area contributed by atoms with Gasteiger partial charge in [-0.05, 0) is 30.7 Å². The molecule has 1 heterocycles. The van der Waals surface area contributed by atoms with E-state index in [2.05, 4.69) is 16.8 Å². The molecule has 20 heavy (non-hydrogen) atoms. The van der Waals surface area contributed by atoms with Crippen LogP contribution >= 0.6 is 0 Å². The highest BCUT2D eigenvalue weighted by atomic mass is 16.4. The molecular weight excluding hydrogens is 252 g/mol. The molecule has 1 N–H and O–H groups in total. The number of aromatic nitrogens is 1. The molecule has 2 aromatic rings. The van der Waals surface area contributed by atoms with Gasteiger partial charge in [-0.2, -0.15) is 0 Å². The van der Waals surface area contributed by atoms with Gasteiger partial charge in [0, 0.05) is 18.4 Å². The van der Waals surface area contributed by atoms with Crippen LogP contribution in [0.1, 0.15) is 30.1 Å². The van der Waals surface area contributed by atoms with Gasteiger partial charge in [-0.1, -0.05) is 31.5 Å². The van der Waals surface area contributed by atoms with Crippen molar-refractivity contribution in [3.8, 4) is 0 Å². The molecule has 104 valence electrons. The lowest BCUT2D eigenvalue weighted by Crippen LogP contribution is -2.19. The largest absolute Gasteiger partial charge is 0.478 e. The smallest absolute Gasteiger partial charge is 0.337 e. The Morgan fingerprint density at radius 2 is 1.95 bits per heavy atom. The van der Waals surface area contributed by atoms with Crippen molar-refractivity contribution in [1.29, 1.82) is 0 Å². The highest BCUT2D eigenvalue weighted by molar-refractivity contribution is 5.87. The summed E-state index contributed by atoms with van der Waals surface area (Å²) in [5.74, 6) is -0.182. The fraction of sp³-hybridized carbons (Fsp3) is 0.250. The van der Waals surface area contributed by atoms with Crippen LogP contribution in [0.25, 0.3) is 0 Å². The quantitative estimate of drug-likeness (QED) is 0.869. The normalized spacial score (nSPS) is 10.2. The molecule has 0 aliphatic heterocycles. The van der Waals surface area contributed by atoms with Crippen molar-refractivity contribution in [2.24, 2.45) is 0 Å². The van der Waals surface area contributed by atoms with Crippen molar-refractivity contribution in [2.45, 2.75) is 19.8 Å². The van der Waals surface area contributed by atoms with E-state index in [-0.39, 0.29) is 5.56 Å². The minimum atomic E-state index is -0.955. The second kappa shape index (κ2) is 6.70. The lowest BCUT2D eigenvalue weighted by Gasteiger charge is -2.23. The fourth-order valence-electron chi connectivity index (χ4n) is 1.97. The standard InChI is InChI=1S/C16H18N2O2/c1-2-3-11-18(14-7-5-4-6-8-14)15-10-9-13(12-17-15)16(19)20/h4-10,12H,2-3,11H2,1H3,(H,19,20). The number of unbranched alkanes of at least 4 members (excludes halogenated alkanes) is 1. The van der Waals surface area contributed by atoms with Crippen LogP contribution in [0.3, 0.4) is 0 Å². The second-order valence-electron chi connectivity index (χ2n) is 4.55. The molecule has 1 aromatic carbocycles. The second-order valence-corrected chi connectivity index (χ2v) is 4.55. The van der Waals surface area contributed by atoms with Crippen LogP contribution in [0, 0.1) is 0 Å². The maximum absolute atomic E-state index is 10.9. The summed E-state index contributed by atoms with van der Waals surface area (Å²) in [7, 11) is 0. The third-order valence-corrected chi connectivity index (χ3v) is 3.07. The zero-order chi connectivity index (χ0) is 14.4. The first-order chi connectivity index (χ1) is 9.72. The minimum absolute atomic E-state index is 0.206. The number of carboxylic acid groups (broad SMARTS) is 1. The SMILES string of the molecule is CCCCN(c1ccccc1)c1ccc(C(=O)O)cn1. The summed E-state index contributed by atoms with van der Waals surface area (Å²) in [4.78, 5) is 17.3. The lowest BCUT2D eigenvalue weighted by molar-refractivity contribution is 0.0696. The summed E-state index contributed by atoms with van der Waals surface area (Å²) in [6.07, 6.45) is 3.55. The number of aromatic carboxylic acids is 1. The van der Waals surface area contributed by atoms with Gasteiger partial charge in [0.25, 0.3) is 0 Å². The van der Waals surface area contributed by atoms with E-state index in [0.717, 1.165) is 30.9 Å². The Labute approximate surface area is 118 Å². The van der Waals surface area contributed by atoms with Crippen molar-refractivity contribution >= 4 is 17.5 Å². The van der Waals surface area contributed by atoms with E-state index in [9.17, 15) is 4.79 Å². The van der Waals surface area contributed by atoms with Crippen molar-refractivity contribution in [2.75, 3.05) is 11.4 Å². The molecule has 0 fully saturated rings. The zero-order valence-corrected chi connectivity index (χ0v) is 11.5. The summed E-state index contributed by atoms with van der Waals surface area (Å²) in [6.45, 7) is 3.00. The summed E-state index contributed by atoms with van der Waals surface area (Å²) < 4.78 is 0. The van der Waals surface area contributed by atoms with Crippen molar-refractivity contribution < 1.29 is 9.90 Å². The van der Waals surface area contributed by atoms with Gasteiger partial charge in [-0.25, -0.2) is 9.78 Å². The molecule has 2 rings (SSSR count). The molecular formula is C16H18N2O2. The number of nitrogens with zero attached hydrogens (tertiary/aromatic N) is 2. The Morgan fingerprint density at radius 1 is 1.20 bits per heavy atom. The Bertz CT molecular complexity index is 552. The molecule has 4 nitrogen and oxygen atoms in total. The summed E-state index contributed by atoms with van der Waals surface area (Å²) in [6, 6.07) is 13.4. The molecule has 0 radical (unpaired) electrons. The number of carboxylic acids is 1. The van der Waals surface area contributed by atoms with E-state index in [1.807, 2.05) is 30.3 Å². The topological polar surface area (TPSA) is 53.4 Å². The molecule has 0 aliphatic rings. The van der Waals surface area contributed by atoms with Gasteiger partial charge in [-0.3, -0.25) is 0 Å². The van der Waals surface area contributed by atoms with Crippen LogP contribution in [0.4, 0.5) is 11.5 Å². The van der Waals surface area contributed by atoms with Gasteiger partial charge >= 0.3 is 5.97 Å². The summed E-state index contributed by atoms with van der Waals surface area (Å²) in [5.41, 5.74) is 1.27. The van der Waals surface area contributed by atoms with E-state index < -0.39 is 5.97 Å². The number of para-hydroxylation sites is 1. The number of hydrogen-bond donors (Lipinski definition) is 1. The first kappa shape index (κ1) is 14.1. The predicted molar refractivity (Wildman–Crippen MR) is 79.6 cm³/mol. The van der Waals surface area contributed by atoms with E-state index in [1.54, 1.807) is 12.1 Å². The third kappa shape index (κ3) is 3.35. The van der Waals surface area contributed by atoms with Crippen LogP contribution in [0.5, 0.6) is 0 Å². The van der Waals surface area contributed by atoms with Crippen LogP contribution in [-0.2, 0) is 0 Å². The molecule has 0 bridgehead atoms. The summed E-state index contributed by atoms with van der Waals surface area (Å²) >= 11 is 0. The average molecular weight is 270 g/mol. The zero-order valence-electron chi connectivity index (χ0n) is 11.5. The van der Waals surface area contributed by atoms with Crippen LogP contribution in [0.2, 0.25) is 0 Å². The number of pyridine rings is 1. The van der Waals surface area contributed by atoms with Gasteiger partial charge < -0.3 is 10.0 Å². The number of benzene rings is 1. The van der Waals surface area contributed by atoms with Crippen LogP contribution in [0.15, 0.2) is 48.7 Å². The lowest BCUT2D eigenvalue weighted by atomic mass is 10.2. The molecule has 0 aliphatic carbocycles. The first-order valence-electron chi connectivity index (χ1n) is 6.74. The number of carbonyl (C=O) groups is 1. The van der Waals surface area contributed by atoms with E-state index in [1.165, 1.54) is 6.20 Å². The van der Waals surface area contributed by atoms with Crippen LogP contribution in [-0.4, -0.2) is 22.6 Å². The molecule has 0 atom stereocenters. The highest BCUT2D eigenvalue weighted by Gasteiger charge is 2.11. The Balaban J connectivity index is 2.28. The molecule has 0 saturated heterocycles. The Kier molecular flexibility index (Phi) is 4.71. The van der Waals surface area contributed by atoms with Crippen LogP contribution < -0.4 is 4.90 Å². The number of anilines is 2. The first-order valence-corrected chi connectivity index (χ1v) is 6.74. The molecule has 0 unspecified atom stereocenters. The molecule has 0 saturated carbocycles. The molecule has 4 heteroatoms. The molecule has 0 spiro atoms. The van der Waals surface area contributed by atoms with E-state index in [4.69, 9.17) is 5.11 Å². The summed E-state index contributed by atoms with van der Waals surface area (Å²) in [5, 5.41) is 8.92. The number of hydrogen-bond acceptors (Lipinski definition) is 3. The minimum Gasteiger partial charge on any atom is -0.478 e. The van der Waals surface area contributed by atoms with Gasteiger partial charge in [0.15, 0.2) is 0 Å². The van der Waals surface area contributed by atoms with Gasteiger partial charge in [0.1, 0.15) is 5.82 Å². The van der Waals surface area contributed by atoms with Crippen molar-refractivity contribution in [3.05, 3.63) is 54.2 Å². The maximum Gasteiger partial charge on any atom is 0.337 e. The van der Waals surface area contributed by atoms with Gasteiger partial charge in [0.2, 0.25) is 0 Å². The van der Waals surface area contributed by atoms with Crippen molar-refractivity contribution in [3.63, 3.8) is 0 Å². The van der Waals surface area contributed by atoms with E-state index >= 15 is 0 Å². The Morgan fingerprint density at radius 3 is 2.50 bits per heavy atom. The molecule has 1 aromatic heterocycles. The monoisotopic (exact) mass is 270 g/mol. The maximum atomic E-state index is 10.9. The highest BCUT2D eigenvalue weighted by Crippen LogP contribution is 2.23.